The van der Waals surface area contributed by atoms with Crippen LogP contribution in [0.1, 0.15) is 51.1 Å². The standard InChI is InChI=1S/C21H31N7O5.H2O/c1-2-3-4-7-28-17(29)10-14(26-21(28)33)19(31)25-15(9-13-11-23-12-24-13)20(32)27-8-5-6-16(27)18(22)30;/h11-12,14-16H,2-10H2,1H3,(H2,22,30)(H,23,24)(H,25,31)(H,26,33);1H2. The van der Waals surface area contributed by atoms with E-state index in [9.17, 15) is 24.0 Å². The SMILES string of the molecule is CCCCCN1C(=O)CC(C(=O)NC(Cc2cnc[nH]2)C(=O)N2CCCC2C(N)=O)NC1=O.O. The fourth-order valence-electron chi connectivity index (χ4n) is 4.20. The molecule has 0 aromatic carbocycles. The van der Waals surface area contributed by atoms with E-state index in [1.165, 1.54) is 17.4 Å². The van der Waals surface area contributed by atoms with Gasteiger partial charge in [-0.05, 0) is 19.3 Å². The quantitative estimate of drug-likeness (QED) is 0.297. The Morgan fingerprint density at radius 1 is 1.29 bits per heavy atom. The van der Waals surface area contributed by atoms with Gasteiger partial charge in [-0.2, -0.15) is 0 Å². The summed E-state index contributed by atoms with van der Waals surface area (Å²) in [5.41, 5.74) is 6.05. The van der Waals surface area contributed by atoms with E-state index in [0.29, 0.717) is 38.0 Å². The lowest BCUT2D eigenvalue weighted by Crippen LogP contribution is -2.62. The van der Waals surface area contributed by atoms with Gasteiger partial charge in [-0.3, -0.25) is 24.1 Å². The number of nitrogens with two attached hydrogens (primary N) is 1. The molecule has 7 N–H and O–H groups in total. The van der Waals surface area contributed by atoms with E-state index in [0.717, 1.165) is 17.7 Å². The Kier molecular flexibility index (Phi) is 9.54. The van der Waals surface area contributed by atoms with Gasteiger partial charge >= 0.3 is 6.03 Å². The van der Waals surface area contributed by atoms with Gasteiger partial charge in [0.2, 0.25) is 23.6 Å². The van der Waals surface area contributed by atoms with Crippen LogP contribution in [0.5, 0.6) is 0 Å². The lowest BCUT2D eigenvalue weighted by Gasteiger charge is -2.32. The third kappa shape index (κ3) is 6.31. The fourth-order valence-corrected chi connectivity index (χ4v) is 4.20. The molecule has 13 heteroatoms. The predicted molar refractivity (Wildman–Crippen MR) is 120 cm³/mol. The molecule has 0 spiro atoms. The van der Waals surface area contributed by atoms with Gasteiger partial charge in [0.1, 0.15) is 18.1 Å². The third-order valence-electron chi connectivity index (χ3n) is 5.98. The first-order valence-corrected chi connectivity index (χ1v) is 11.3. The highest BCUT2D eigenvalue weighted by Crippen LogP contribution is 2.19. The number of nitrogens with one attached hydrogen (secondary N) is 3. The third-order valence-corrected chi connectivity index (χ3v) is 5.98. The molecule has 2 aliphatic heterocycles. The average molecular weight is 480 g/mol. The van der Waals surface area contributed by atoms with E-state index < -0.39 is 47.8 Å². The van der Waals surface area contributed by atoms with Crippen LogP contribution in [-0.4, -0.2) is 86.1 Å². The second-order valence-corrected chi connectivity index (χ2v) is 8.39. The van der Waals surface area contributed by atoms with E-state index in [1.807, 2.05) is 6.92 Å². The van der Waals surface area contributed by atoms with Gasteiger partial charge < -0.3 is 31.7 Å². The lowest BCUT2D eigenvalue weighted by molar-refractivity contribution is -0.141. The Bertz CT molecular complexity index is 872. The van der Waals surface area contributed by atoms with Crippen LogP contribution in [0, 0.1) is 0 Å². The Balaban J connectivity index is 0.00000408. The smallest absolute Gasteiger partial charge is 0.324 e. The highest BCUT2D eigenvalue weighted by atomic mass is 16.2. The maximum absolute atomic E-state index is 13.2. The Hall–Kier alpha value is -3.48. The summed E-state index contributed by atoms with van der Waals surface area (Å²) in [6, 6.07) is -3.46. The summed E-state index contributed by atoms with van der Waals surface area (Å²) in [6.45, 7) is 2.68. The number of aromatic nitrogens is 2. The number of nitrogens with zero attached hydrogens (tertiary/aromatic N) is 3. The molecule has 3 rings (SSSR count). The summed E-state index contributed by atoms with van der Waals surface area (Å²) in [7, 11) is 0. The Labute approximate surface area is 197 Å². The summed E-state index contributed by atoms with van der Waals surface area (Å²) in [5.74, 6) is -2.12. The molecule has 13 nitrogen and oxygen atoms in total. The number of H-pyrrole nitrogens is 1. The minimum atomic E-state index is -1.09. The highest BCUT2D eigenvalue weighted by Gasteiger charge is 2.40. The number of hydrogen-bond acceptors (Lipinski definition) is 6. The fraction of sp³-hybridized carbons (Fsp3) is 0.619. The van der Waals surface area contributed by atoms with Crippen LogP contribution in [0.3, 0.4) is 0 Å². The van der Waals surface area contributed by atoms with Crippen LogP contribution in [0.4, 0.5) is 4.79 Å². The molecule has 3 atom stereocenters. The molecule has 3 unspecified atom stereocenters. The zero-order valence-electron chi connectivity index (χ0n) is 19.2. The van der Waals surface area contributed by atoms with Crippen molar-refractivity contribution in [3.05, 3.63) is 18.2 Å². The number of imidazole rings is 1. The molecule has 1 aromatic heterocycles. The van der Waals surface area contributed by atoms with Crippen molar-refractivity contribution in [2.24, 2.45) is 5.73 Å². The van der Waals surface area contributed by atoms with Crippen molar-refractivity contribution in [1.29, 1.82) is 0 Å². The molecule has 34 heavy (non-hydrogen) atoms. The number of aromatic amines is 1. The molecule has 2 aliphatic rings. The van der Waals surface area contributed by atoms with Crippen LogP contribution < -0.4 is 16.4 Å². The van der Waals surface area contributed by atoms with Gasteiger partial charge in [0.05, 0.1) is 12.7 Å². The number of likely N-dealkylation sites (tertiary alicyclic amines) is 1. The topological polar surface area (TPSA) is 202 Å². The van der Waals surface area contributed by atoms with Crippen molar-refractivity contribution in [3.8, 4) is 0 Å². The van der Waals surface area contributed by atoms with Gasteiger partial charge in [0.25, 0.3) is 0 Å². The van der Waals surface area contributed by atoms with Crippen LogP contribution in [0.2, 0.25) is 0 Å². The van der Waals surface area contributed by atoms with Gasteiger partial charge in [-0.25, -0.2) is 9.78 Å². The lowest BCUT2D eigenvalue weighted by atomic mass is 10.1. The number of carbonyl (C=O) groups is 5. The molecule has 1 aromatic rings. The molecule has 0 bridgehead atoms. The predicted octanol–water partition coefficient (Wildman–Crippen LogP) is -1.41. The summed E-state index contributed by atoms with van der Waals surface area (Å²) in [6.07, 6.45) is 6.53. The molecule has 188 valence electrons. The Morgan fingerprint density at radius 2 is 2.06 bits per heavy atom. The zero-order valence-corrected chi connectivity index (χ0v) is 19.2. The minimum absolute atomic E-state index is 0. The molecule has 3 heterocycles. The number of carbonyl (C=O) groups excluding carboxylic acids is 5. The molecule has 0 saturated carbocycles. The van der Waals surface area contributed by atoms with Gasteiger partial charge in [-0.1, -0.05) is 19.8 Å². The molecule has 2 fully saturated rings. The summed E-state index contributed by atoms with van der Waals surface area (Å²) in [5, 5.41) is 5.21. The maximum atomic E-state index is 13.2. The van der Waals surface area contributed by atoms with Crippen LogP contribution in [0.25, 0.3) is 0 Å². The molecule has 2 saturated heterocycles. The second-order valence-electron chi connectivity index (χ2n) is 8.39. The molecule has 6 amide bonds. The van der Waals surface area contributed by atoms with Gasteiger partial charge in [-0.15, -0.1) is 0 Å². The maximum Gasteiger partial charge on any atom is 0.324 e. The first-order chi connectivity index (χ1) is 15.8. The van der Waals surface area contributed by atoms with Crippen molar-refractivity contribution in [2.45, 2.75) is 70.0 Å². The number of imide groups is 1. The van der Waals surface area contributed by atoms with E-state index in [-0.39, 0.29) is 18.3 Å². The van der Waals surface area contributed by atoms with Crippen molar-refractivity contribution in [1.82, 2.24) is 30.4 Å². The number of amides is 6. The van der Waals surface area contributed by atoms with Crippen LogP contribution >= 0.6 is 0 Å². The molecule has 0 radical (unpaired) electrons. The number of primary amides is 1. The van der Waals surface area contributed by atoms with Crippen LogP contribution in [-0.2, 0) is 25.6 Å². The van der Waals surface area contributed by atoms with E-state index in [1.54, 1.807) is 0 Å². The normalized spacial score (nSPS) is 21.0. The van der Waals surface area contributed by atoms with Gasteiger partial charge in [0, 0.05) is 31.4 Å². The average Bonchev–Trinajstić information content (AvgIpc) is 3.46. The van der Waals surface area contributed by atoms with Crippen LogP contribution in [0.15, 0.2) is 12.5 Å². The van der Waals surface area contributed by atoms with Gasteiger partial charge in [0.15, 0.2) is 0 Å². The largest absolute Gasteiger partial charge is 0.412 e. The molecular weight excluding hydrogens is 446 g/mol. The zero-order chi connectivity index (χ0) is 24.0. The van der Waals surface area contributed by atoms with E-state index >= 15 is 0 Å². The highest BCUT2D eigenvalue weighted by molar-refractivity contribution is 6.03. The second kappa shape index (κ2) is 12.1. The van der Waals surface area contributed by atoms with E-state index in [4.69, 9.17) is 5.73 Å². The van der Waals surface area contributed by atoms with Crippen molar-refractivity contribution >= 4 is 29.7 Å². The number of rotatable bonds is 10. The van der Waals surface area contributed by atoms with Crippen molar-refractivity contribution in [3.63, 3.8) is 0 Å². The summed E-state index contributed by atoms with van der Waals surface area (Å²) >= 11 is 0. The van der Waals surface area contributed by atoms with E-state index in [2.05, 4.69) is 20.6 Å². The first kappa shape index (κ1) is 26.8. The monoisotopic (exact) mass is 479 g/mol. The number of hydrogen-bond donors (Lipinski definition) is 4. The molecule has 0 aliphatic carbocycles. The Morgan fingerprint density at radius 3 is 2.68 bits per heavy atom. The summed E-state index contributed by atoms with van der Waals surface area (Å²) < 4.78 is 0. The first-order valence-electron chi connectivity index (χ1n) is 11.3. The summed E-state index contributed by atoms with van der Waals surface area (Å²) in [4.78, 5) is 72.1. The van der Waals surface area contributed by atoms with Crippen molar-refractivity contribution < 1.29 is 29.4 Å². The van der Waals surface area contributed by atoms with Crippen molar-refractivity contribution in [2.75, 3.05) is 13.1 Å². The number of unbranched alkanes of at least 4 members (excludes halogenated alkanes) is 2. The molecular formula is C21H33N7O6. The number of urea groups is 1. The minimum Gasteiger partial charge on any atom is -0.412 e.